The summed E-state index contributed by atoms with van der Waals surface area (Å²) in [5.41, 5.74) is 1.24. The molecule has 1 heterocycles. The Morgan fingerprint density at radius 1 is 1.47 bits per heavy atom. The van der Waals surface area contributed by atoms with E-state index in [2.05, 4.69) is 23.3 Å². The lowest BCUT2D eigenvalue weighted by atomic mass is 10.0. The van der Waals surface area contributed by atoms with E-state index < -0.39 is 0 Å². The lowest BCUT2D eigenvalue weighted by Gasteiger charge is -2.31. The van der Waals surface area contributed by atoms with Gasteiger partial charge < -0.3 is 10.2 Å². The first-order valence-electron chi connectivity index (χ1n) is 5.41. The molecule has 1 atom stereocenters. The molecule has 1 aliphatic rings. The summed E-state index contributed by atoms with van der Waals surface area (Å²) in [6, 6.07) is 8.63. The highest BCUT2D eigenvalue weighted by molar-refractivity contribution is 6.31. The third kappa shape index (κ3) is 2.94. The molecule has 2 nitrogen and oxygen atoms in total. The summed E-state index contributed by atoms with van der Waals surface area (Å²) in [5.74, 6) is 0. The van der Waals surface area contributed by atoms with Gasteiger partial charge in [-0.2, -0.15) is 0 Å². The Bertz CT molecular complexity index is 327. The smallest absolute Gasteiger partial charge is 0.0438 e. The Balaban J connectivity index is 1.99. The van der Waals surface area contributed by atoms with Crippen molar-refractivity contribution in [2.45, 2.75) is 12.5 Å². The zero-order valence-electron chi connectivity index (χ0n) is 9.04. The molecule has 1 saturated heterocycles. The number of nitrogens with zero attached hydrogens (tertiary/aromatic N) is 1. The fourth-order valence-electron chi connectivity index (χ4n) is 2.06. The minimum absolute atomic E-state index is 0.531. The largest absolute Gasteiger partial charge is 0.311 e. The zero-order chi connectivity index (χ0) is 10.7. The van der Waals surface area contributed by atoms with Crippen LogP contribution < -0.4 is 5.32 Å². The first-order valence-corrected chi connectivity index (χ1v) is 5.79. The van der Waals surface area contributed by atoms with Gasteiger partial charge in [0.15, 0.2) is 0 Å². The van der Waals surface area contributed by atoms with Crippen LogP contribution in [0.1, 0.15) is 5.56 Å². The Morgan fingerprint density at radius 3 is 3.00 bits per heavy atom. The van der Waals surface area contributed by atoms with E-state index >= 15 is 0 Å². The van der Waals surface area contributed by atoms with Crippen molar-refractivity contribution in [3.05, 3.63) is 34.9 Å². The Kier molecular flexibility index (Phi) is 3.62. The molecule has 1 aliphatic heterocycles. The number of rotatable bonds is 2. The van der Waals surface area contributed by atoms with Crippen molar-refractivity contribution in [1.29, 1.82) is 0 Å². The number of hydrogen-bond donors (Lipinski definition) is 1. The molecule has 82 valence electrons. The van der Waals surface area contributed by atoms with Crippen LogP contribution in [-0.4, -0.2) is 37.6 Å². The number of likely N-dealkylation sites (N-methyl/N-ethyl adjacent to an activating group) is 1. The van der Waals surface area contributed by atoms with Crippen LogP contribution in [0.5, 0.6) is 0 Å². The number of halogens is 1. The SMILES string of the molecule is CN1CCNC(Cc2ccccc2Cl)C1. The highest BCUT2D eigenvalue weighted by Gasteiger charge is 2.17. The minimum Gasteiger partial charge on any atom is -0.311 e. The summed E-state index contributed by atoms with van der Waals surface area (Å²) in [7, 11) is 2.17. The third-order valence-corrected chi connectivity index (χ3v) is 3.25. The van der Waals surface area contributed by atoms with Gasteiger partial charge in [-0.1, -0.05) is 29.8 Å². The molecule has 1 aromatic carbocycles. The summed E-state index contributed by atoms with van der Waals surface area (Å²) in [6.45, 7) is 3.32. The van der Waals surface area contributed by atoms with E-state index in [1.807, 2.05) is 18.2 Å². The summed E-state index contributed by atoms with van der Waals surface area (Å²) >= 11 is 6.14. The molecular weight excluding hydrogens is 208 g/mol. The average Bonchev–Trinajstić information content (AvgIpc) is 2.22. The highest BCUT2D eigenvalue weighted by Crippen LogP contribution is 2.17. The monoisotopic (exact) mass is 224 g/mol. The molecule has 0 amide bonds. The highest BCUT2D eigenvalue weighted by atomic mass is 35.5. The van der Waals surface area contributed by atoms with Gasteiger partial charge in [-0.15, -0.1) is 0 Å². The molecule has 2 rings (SSSR count). The maximum Gasteiger partial charge on any atom is 0.0438 e. The predicted octanol–water partition coefficient (Wildman–Crippen LogP) is 1.79. The van der Waals surface area contributed by atoms with Crippen molar-refractivity contribution in [3.8, 4) is 0 Å². The van der Waals surface area contributed by atoms with Crippen LogP contribution in [0.25, 0.3) is 0 Å². The van der Waals surface area contributed by atoms with Crippen LogP contribution in [-0.2, 0) is 6.42 Å². The van der Waals surface area contributed by atoms with E-state index in [9.17, 15) is 0 Å². The van der Waals surface area contributed by atoms with Crippen LogP contribution in [0.4, 0.5) is 0 Å². The average molecular weight is 225 g/mol. The minimum atomic E-state index is 0.531. The molecule has 0 aliphatic carbocycles. The summed E-state index contributed by atoms with van der Waals surface area (Å²) in [5, 5.41) is 4.41. The summed E-state index contributed by atoms with van der Waals surface area (Å²) in [4.78, 5) is 2.36. The molecule has 0 saturated carbocycles. The van der Waals surface area contributed by atoms with Gasteiger partial charge in [-0.3, -0.25) is 0 Å². The van der Waals surface area contributed by atoms with E-state index in [0.717, 1.165) is 31.1 Å². The van der Waals surface area contributed by atoms with Crippen molar-refractivity contribution < 1.29 is 0 Å². The summed E-state index contributed by atoms with van der Waals surface area (Å²) in [6.07, 6.45) is 1.02. The van der Waals surface area contributed by atoms with Crippen molar-refractivity contribution in [1.82, 2.24) is 10.2 Å². The van der Waals surface area contributed by atoms with E-state index in [4.69, 9.17) is 11.6 Å². The van der Waals surface area contributed by atoms with Crippen LogP contribution in [0.15, 0.2) is 24.3 Å². The Morgan fingerprint density at radius 2 is 2.27 bits per heavy atom. The second-order valence-corrected chi connectivity index (χ2v) is 4.62. The van der Waals surface area contributed by atoms with E-state index in [0.29, 0.717) is 6.04 Å². The Hall–Kier alpha value is -0.570. The normalized spacial score (nSPS) is 22.9. The van der Waals surface area contributed by atoms with Crippen molar-refractivity contribution in [2.24, 2.45) is 0 Å². The zero-order valence-corrected chi connectivity index (χ0v) is 9.80. The fraction of sp³-hybridized carbons (Fsp3) is 0.500. The molecule has 0 aromatic heterocycles. The lowest BCUT2D eigenvalue weighted by molar-refractivity contribution is 0.238. The van der Waals surface area contributed by atoms with Crippen LogP contribution in [0.2, 0.25) is 5.02 Å². The molecule has 1 N–H and O–H groups in total. The molecule has 0 radical (unpaired) electrons. The van der Waals surface area contributed by atoms with Gasteiger partial charge >= 0.3 is 0 Å². The van der Waals surface area contributed by atoms with Gasteiger partial charge in [0.2, 0.25) is 0 Å². The third-order valence-electron chi connectivity index (χ3n) is 2.88. The maximum atomic E-state index is 6.14. The molecule has 0 bridgehead atoms. The second kappa shape index (κ2) is 4.97. The van der Waals surface area contributed by atoms with E-state index in [1.54, 1.807) is 0 Å². The van der Waals surface area contributed by atoms with Gasteiger partial charge in [0.05, 0.1) is 0 Å². The Labute approximate surface area is 96.2 Å². The van der Waals surface area contributed by atoms with Crippen LogP contribution in [0, 0.1) is 0 Å². The number of benzene rings is 1. The molecule has 1 aromatic rings. The molecular formula is C12H17ClN2. The maximum absolute atomic E-state index is 6.14. The number of nitrogens with one attached hydrogen (secondary N) is 1. The quantitative estimate of drug-likeness (QED) is 0.824. The second-order valence-electron chi connectivity index (χ2n) is 4.21. The van der Waals surface area contributed by atoms with Crippen molar-refractivity contribution in [3.63, 3.8) is 0 Å². The number of hydrogen-bond acceptors (Lipinski definition) is 2. The molecule has 0 spiro atoms. The summed E-state index contributed by atoms with van der Waals surface area (Å²) < 4.78 is 0. The first kappa shape index (κ1) is 10.9. The topological polar surface area (TPSA) is 15.3 Å². The van der Waals surface area contributed by atoms with E-state index in [1.165, 1.54) is 5.56 Å². The molecule has 1 unspecified atom stereocenters. The molecule has 1 fully saturated rings. The van der Waals surface area contributed by atoms with Gasteiger partial charge in [0.25, 0.3) is 0 Å². The standard InChI is InChI=1S/C12H17ClN2/c1-15-7-6-14-11(9-15)8-10-4-2-3-5-12(10)13/h2-5,11,14H,6-9H2,1H3. The fourth-order valence-corrected chi connectivity index (χ4v) is 2.27. The molecule has 15 heavy (non-hydrogen) atoms. The first-order chi connectivity index (χ1) is 7.25. The molecule has 3 heteroatoms. The number of piperazine rings is 1. The van der Waals surface area contributed by atoms with Crippen LogP contribution in [0.3, 0.4) is 0 Å². The van der Waals surface area contributed by atoms with Crippen LogP contribution >= 0.6 is 11.6 Å². The van der Waals surface area contributed by atoms with Gasteiger partial charge in [0, 0.05) is 30.7 Å². The predicted molar refractivity (Wildman–Crippen MR) is 64.4 cm³/mol. The van der Waals surface area contributed by atoms with Crippen molar-refractivity contribution >= 4 is 11.6 Å². The van der Waals surface area contributed by atoms with Crippen molar-refractivity contribution in [2.75, 3.05) is 26.7 Å². The lowest BCUT2D eigenvalue weighted by Crippen LogP contribution is -2.49. The van der Waals surface area contributed by atoms with Gasteiger partial charge in [-0.25, -0.2) is 0 Å². The van der Waals surface area contributed by atoms with Gasteiger partial charge in [0.1, 0.15) is 0 Å². The van der Waals surface area contributed by atoms with Gasteiger partial charge in [-0.05, 0) is 25.1 Å². The van der Waals surface area contributed by atoms with E-state index in [-0.39, 0.29) is 0 Å².